The zero-order valence-corrected chi connectivity index (χ0v) is 16.6. The van der Waals surface area contributed by atoms with Crippen molar-refractivity contribution in [2.24, 2.45) is 11.7 Å². The summed E-state index contributed by atoms with van der Waals surface area (Å²) < 4.78 is 9.40. The molecule has 0 fully saturated rings. The molecule has 0 saturated carbocycles. The van der Waals surface area contributed by atoms with Crippen LogP contribution in [0.2, 0.25) is 5.02 Å². The summed E-state index contributed by atoms with van der Waals surface area (Å²) in [6.07, 6.45) is 0.403. The van der Waals surface area contributed by atoms with Crippen LogP contribution in [0.4, 0.5) is 10.5 Å². The van der Waals surface area contributed by atoms with E-state index in [1.807, 2.05) is 24.3 Å². The lowest BCUT2D eigenvalue weighted by atomic mass is 9.93. The summed E-state index contributed by atoms with van der Waals surface area (Å²) in [5, 5.41) is 0.372. The molecular weight excluding hydrogens is 380 g/mol. The van der Waals surface area contributed by atoms with Crippen molar-refractivity contribution in [2.75, 3.05) is 18.6 Å². The summed E-state index contributed by atoms with van der Waals surface area (Å²) in [4.78, 5) is 26.0. The van der Waals surface area contributed by atoms with Crippen LogP contribution < -0.4 is 15.4 Å². The molecule has 7 heteroatoms. The molecule has 1 heterocycles. The van der Waals surface area contributed by atoms with Gasteiger partial charge in [-0.3, -0.25) is 4.79 Å². The Hall–Kier alpha value is -2.57. The fraction of sp³-hybridized carbons (Fsp3) is 0.333. The summed E-state index contributed by atoms with van der Waals surface area (Å²) in [7, 11) is 1.22. The van der Waals surface area contributed by atoms with Crippen LogP contribution in [0, 0.1) is 5.92 Å². The molecule has 28 heavy (non-hydrogen) atoms. The van der Waals surface area contributed by atoms with Gasteiger partial charge in [0, 0.05) is 17.3 Å². The van der Waals surface area contributed by atoms with Crippen molar-refractivity contribution in [3.8, 4) is 5.75 Å². The number of hydrogen-bond donors (Lipinski definition) is 1. The number of carbonyl (C=O) groups is 2. The van der Waals surface area contributed by atoms with Gasteiger partial charge in [0.1, 0.15) is 5.75 Å². The fourth-order valence-corrected chi connectivity index (χ4v) is 3.67. The van der Waals surface area contributed by atoms with Crippen molar-refractivity contribution in [3.05, 3.63) is 58.6 Å². The number of nitrogens with two attached hydrogens (primary N) is 1. The highest BCUT2D eigenvalue weighted by Gasteiger charge is 2.29. The third-order valence-corrected chi connectivity index (χ3v) is 5.11. The van der Waals surface area contributed by atoms with E-state index in [0.29, 0.717) is 23.0 Å². The standard InChI is InChI=1S/C21H23ClN2O4/c1-13-9-15-5-3-4-6-19(15)24(12-13)20(25)18(23)10-14-7-8-16(11-17(14)22)28-21(26)27-2/h3-8,11,13,18H,9-10,12,23H2,1-2H3/t13?,18-/m1/s1. The highest BCUT2D eigenvalue weighted by atomic mass is 35.5. The van der Waals surface area contributed by atoms with E-state index in [0.717, 1.165) is 17.7 Å². The van der Waals surface area contributed by atoms with Crippen molar-refractivity contribution in [2.45, 2.75) is 25.8 Å². The Morgan fingerprint density at radius 3 is 2.75 bits per heavy atom. The molecule has 148 valence electrons. The molecular formula is C21H23ClN2O4. The topological polar surface area (TPSA) is 81.9 Å². The van der Waals surface area contributed by atoms with Crippen LogP contribution in [0.25, 0.3) is 0 Å². The lowest BCUT2D eigenvalue weighted by Crippen LogP contribution is -2.48. The number of benzene rings is 2. The SMILES string of the molecule is COC(=O)Oc1ccc(C[C@@H](N)C(=O)N2CC(C)Cc3ccccc32)c(Cl)c1. The number of carbonyl (C=O) groups excluding carboxylic acids is 2. The van der Waals surface area contributed by atoms with Gasteiger partial charge in [0.05, 0.1) is 13.2 Å². The summed E-state index contributed by atoms with van der Waals surface area (Å²) in [5.74, 6) is 0.494. The highest BCUT2D eigenvalue weighted by Crippen LogP contribution is 2.30. The number of hydrogen-bond acceptors (Lipinski definition) is 5. The number of para-hydroxylation sites is 1. The number of amides is 1. The number of methoxy groups -OCH3 is 1. The largest absolute Gasteiger partial charge is 0.513 e. The van der Waals surface area contributed by atoms with Gasteiger partial charge in [-0.15, -0.1) is 0 Å². The maximum absolute atomic E-state index is 13.0. The number of nitrogens with zero attached hydrogens (tertiary/aromatic N) is 1. The second-order valence-corrected chi connectivity index (χ2v) is 7.41. The molecule has 3 rings (SSSR count). The number of ether oxygens (including phenoxy) is 2. The Kier molecular flexibility index (Phi) is 6.21. The molecule has 2 aromatic carbocycles. The van der Waals surface area contributed by atoms with E-state index >= 15 is 0 Å². The van der Waals surface area contributed by atoms with Gasteiger partial charge in [0.15, 0.2) is 0 Å². The van der Waals surface area contributed by atoms with Crippen molar-refractivity contribution in [1.29, 1.82) is 0 Å². The molecule has 0 aromatic heterocycles. The highest BCUT2D eigenvalue weighted by molar-refractivity contribution is 6.31. The van der Waals surface area contributed by atoms with Crippen molar-refractivity contribution in [1.82, 2.24) is 0 Å². The smallest absolute Gasteiger partial charge is 0.437 e. The first-order valence-electron chi connectivity index (χ1n) is 9.08. The lowest BCUT2D eigenvalue weighted by Gasteiger charge is -2.34. The predicted octanol–water partition coefficient (Wildman–Crippen LogP) is 3.58. The number of rotatable bonds is 4. The molecule has 0 aliphatic carbocycles. The third kappa shape index (κ3) is 4.46. The molecule has 1 amide bonds. The van der Waals surface area contributed by atoms with E-state index < -0.39 is 12.2 Å². The van der Waals surface area contributed by atoms with Gasteiger partial charge in [0.25, 0.3) is 0 Å². The fourth-order valence-electron chi connectivity index (χ4n) is 3.42. The maximum Gasteiger partial charge on any atom is 0.513 e. The Morgan fingerprint density at radius 2 is 2.04 bits per heavy atom. The van der Waals surface area contributed by atoms with Gasteiger partial charge in [-0.05, 0) is 48.1 Å². The van der Waals surface area contributed by atoms with Crippen LogP contribution in [0.1, 0.15) is 18.1 Å². The van der Waals surface area contributed by atoms with Gasteiger partial charge in [-0.25, -0.2) is 4.79 Å². The normalized spacial score (nSPS) is 16.9. The van der Waals surface area contributed by atoms with E-state index in [9.17, 15) is 9.59 Å². The molecule has 1 aliphatic rings. The zero-order valence-electron chi connectivity index (χ0n) is 15.9. The van der Waals surface area contributed by atoms with E-state index in [4.69, 9.17) is 22.1 Å². The van der Waals surface area contributed by atoms with Crippen molar-refractivity contribution < 1.29 is 19.1 Å². The van der Waals surface area contributed by atoms with Crippen LogP contribution in [0.15, 0.2) is 42.5 Å². The monoisotopic (exact) mass is 402 g/mol. The second kappa shape index (κ2) is 8.63. The summed E-state index contributed by atoms with van der Waals surface area (Å²) >= 11 is 6.28. The summed E-state index contributed by atoms with van der Waals surface area (Å²) in [6, 6.07) is 12.0. The first kappa shape index (κ1) is 20.2. The van der Waals surface area contributed by atoms with Crippen molar-refractivity contribution >= 4 is 29.4 Å². The second-order valence-electron chi connectivity index (χ2n) is 7.01. The lowest BCUT2D eigenvalue weighted by molar-refractivity contribution is -0.120. The molecule has 1 unspecified atom stereocenters. The van der Waals surface area contributed by atoms with Gasteiger partial charge in [-0.2, -0.15) is 0 Å². The van der Waals surface area contributed by atoms with Crippen molar-refractivity contribution in [3.63, 3.8) is 0 Å². The van der Waals surface area contributed by atoms with Crippen LogP contribution in [0.3, 0.4) is 0 Å². The van der Waals surface area contributed by atoms with E-state index in [2.05, 4.69) is 11.7 Å². The quantitative estimate of drug-likeness (QED) is 0.624. The number of fused-ring (bicyclic) bond motifs is 1. The predicted molar refractivity (Wildman–Crippen MR) is 108 cm³/mol. The molecule has 2 atom stereocenters. The minimum Gasteiger partial charge on any atom is -0.437 e. The maximum atomic E-state index is 13.0. The van der Waals surface area contributed by atoms with Gasteiger partial charge >= 0.3 is 6.16 Å². The van der Waals surface area contributed by atoms with E-state index in [1.54, 1.807) is 17.0 Å². The molecule has 0 bridgehead atoms. The van der Waals surface area contributed by atoms with Crippen LogP contribution in [0.5, 0.6) is 5.75 Å². The summed E-state index contributed by atoms with van der Waals surface area (Å²) in [5.41, 5.74) is 9.02. The minimum absolute atomic E-state index is 0.134. The van der Waals surface area contributed by atoms with E-state index in [1.165, 1.54) is 13.2 Å². The van der Waals surface area contributed by atoms with Gasteiger partial charge in [-0.1, -0.05) is 42.8 Å². The number of anilines is 1. The first-order chi connectivity index (χ1) is 13.4. The zero-order chi connectivity index (χ0) is 20.3. The van der Waals surface area contributed by atoms with Gasteiger partial charge < -0.3 is 20.1 Å². The molecule has 0 radical (unpaired) electrons. The summed E-state index contributed by atoms with van der Waals surface area (Å²) in [6.45, 7) is 2.77. The Morgan fingerprint density at radius 1 is 1.29 bits per heavy atom. The minimum atomic E-state index is -0.825. The first-order valence-corrected chi connectivity index (χ1v) is 9.46. The molecule has 2 N–H and O–H groups in total. The Labute approximate surface area is 169 Å². The van der Waals surface area contributed by atoms with Crippen LogP contribution >= 0.6 is 11.6 Å². The number of halogens is 1. The third-order valence-electron chi connectivity index (χ3n) is 4.76. The molecule has 6 nitrogen and oxygen atoms in total. The molecule has 1 aliphatic heterocycles. The van der Waals surface area contributed by atoms with Gasteiger partial charge in [0.2, 0.25) is 5.91 Å². The van der Waals surface area contributed by atoms with Crippen LogP contribution in [-0.2, 0) is 22.4 Å². The van der Waals surface area contributed by atoms with E-state index in [-0.39, 0.29) is 18.1 Å². The molecule has 0 spiro atoms. The Balaban J connectivity index is 1.74. The average molecular weight is 403 g/mol. The van der Waals surface area contributed by atoms with Crippen LogP contribution in [-0.4, -0.2) is 31.8 Å². The average Bonchev–Trinajstić information content (AvgIpc) is 2.68. The Bertz CT molecular complexity index is 886. The molecule has 2 aromatic rings. The molecule has 0 saturated heterocycles.